The van der Waals surface area contributed by atoms with Gasteiger partial charge in [-0.15, -0.1) is 0 Å². The Kier molecular flexibility index (Phi) is 4.42. The number of nitrogens with one attached hydrogen (secondary N) is 1. The fourth-order valence-corrected chi connectivity index (χ4v) is 3.55. The minimum Gasteiger partial charge on any atom is -0.315 e. The molecule has 1 fully saturated rings. The van der Waals surface area contributed by atoms with Gasteiger partial charge in [0, 0.05) is 5.02 Å². The number of urea groups is 1. The minimum atomic E-state index is -1.23. The molecule has 1 aliphatic rings. The summed E-state index contributed by atoms with van der Waals surface area (Å²) in [5.41, 5.74) is 1.06. The van der Waals surface area contributed by atoms with Crippen LogP contribution in [0.3, 0.4) is 0 Å². The summed E-state index contributed by atoms with van der Waals surface area (Å²) >= 11 is 5.93. The fourth-order valence-electron chi connectivity index (χ4n) is 3.43. The van der Waals surface area contributed by atoms with Gasteiger partial charge in [0.2, 0.25) is 0 Å². The van der Waals surface area contributed by atoms with Gasteiger partial charge >= 0.3 is 6.03 Å². The van der Waals surface area contributed by atoms with E-state index in [9.17, 15) is 9.59 Å². The van der Waals surface area contributed by atoms with Crippen LogP contribution in [0.1, 0.15) is 16.7 Å². The molecule has 3 amide bonds. The lowest BCUT2D eigenvalue weighted by Gasteiger charge is -2.28. The highest BCUT2D eigenvalue weighted by molar-refractivity contribution is 6.30. The third-order valence-corrected chi connectivity index (χ3v) is 5.03. The van der Waals surface area contributed by atoms with Gasteiger partial charge in [-0.2, -0.15) is 0 Å². The molecule has 0 aliphatic carbocycles. The molecule has 1 N–H and O–H groups in total. The first kappa shape index (κ1) is 17.3. The van der Waals surface area contributed by atoms with Crippen molar-refractivity contribution in [3.8, 4) is 0 Å². The maximum Gasteiger partial charge on any atom is 0.325 e. The predicted octanol–water partition coefficient (Wildman–Crippen LogP) is 4.34. The maximum atomic E-state index is 13.5. The van der Waals surface area contributed by atoms with E-state index < -0.39 is 11.6 Å². The van der Waals surface area contributed by atoms with Crippen LogP contribution >= 0.6 is 11.6 Å². The largest absolute Gasteiger partial charge is 0.325 e. The van der Waals surface area contributed by atoms with Gasteiger partial charge in [-0.25, -0.2) is 4.79 Å². The van der Waals surface area contributed by atoms with Crippen molar-refractivity contribution in [2.24, 2.45) is 0 Å². The predicted molar refractivity (Wildman–Crippen MR) is 104 cm³/mol. The number of halogens is 1. The third-order valence-electron chi connectivity index (χ3n) is 4.77. The molecular formula is C22H17ClN2O2. The summed E-state index contributed by atoms with van der Waals surface area (Å²) in [7, 11) is 0. The van der Waals surface area contributed by atoms with E-state index in [0.29, 0.717) is 5.02 Å². The monoisotopic (exact) mass is 376 g/mol. The van der Waals surface area contributed by atoms with Crippen molar-refractivity contribution in [1.29, 1.82) is 0 Å². The number of hydrogen-bond acceptors (Lipinski definition) is 2. The number of carbonyl (C=O) groups is 2. The van der Waals surface area contributed by atoms with Crippen LogP contribution in [0.5, 0.6) is 0 Å². The Morgan fingerprint density at radius 1 is 0.778 bits per heavy atom. The van der Waals surface area contributed by atoms with E-state index >= 15 is 0 Å². The van der Waals surface area contributed by atoms with Gasteiger partial charge in [0.05, 0.1) is 6.54 Å². The minimum absolute atomic E-state index is 0.184. The summed E-state index contributed by atoms with van der Waals surface area (Å²) in [5, 5.41) is 3.55. The van der Waals surface area contributed by atoms with Crippen LogP contribution in [-0.4, -0.2) is 16.8 Å². The van der Waals surface area contributed by atoms with Crippen molar-refractivity contribution in [3.63, 3.8) is 0 Å². The van der Waals surface area contributed by atoms with Crippen molar-refractivity contribution in [1.82, 2.24) is 10.2 Å². The van der Waals surface area contributed by atoms with E-state index in [0.717, 1.165) is 16.7 Å². The average Bonchev–Trinajstić information content (AvgIpc) is 2.96. The standard InChI is InChI=1S/C22H17ClN2O2/c23-19-13-11-16(12-14-19)15-25-20(26)22(24-21(25)27,17-7-3-1-4-8-17)18-9-5-2-6-10-18/h1-14H,15H2,(H,24,27). The molecule has 1 saturated heterocycles. The summed E-state index contributed by atoms with van der Waals surface area (Å²) in [4.78, 5) is 27.6. The smallest absolute Gasteiger partial charge is 0.315 e. The highest BCUT2D eigenvalue weighted by Gasteiger charge is 2.53. The molecular weight excluding hydrogens is 360 g/mol. The van der Waals surface area contributed by atoms with Crippen LogP contribution in [-0.2, 0) is 16.9 Å². The molecule has 27 heavy (non-hydrogen) atoms. The molecule has 3 aromatic rings. The lowest BCUT2D eigenvalue weighted by molar-refractivity contribution is -0.130. The molecule has 134 valence electrons. The second kappa shape index (κ2) is 6.89. The summed E-state index contributed by atoms with van der Waals surface area (Å²) in [6, 6.07) is 25.4. The molecule has 4 nitrogen and oxygen atoms in total. The van der Waals surface area contributed by atoms with Crippen LogP contribution in [0.2, 0.25) is 5.02 Å². The summed E-state index contributed by atoms with van der Waals surface area (Å²) in [6.45, 7) is 0.184. The number of imide groups is 1. The highest BCUT2D eigenvalue weighted by atomic mass is 35.5. The topological polar surface area (TPSA) is 49.4 Å². The molecule has 0 unspecified atom stereocenters. The first-order chi connectivity index (χ1) is 13.1. The average molecular weight is 377 g/mol. The molecule has 3 aromatic carbocycles. The zero-order valence-electron chi connectivity index (χ0n) is 14.4. The van der Waals surface area contributed by atoms with Gasteiger partial charge in [0.25, 0.3) is 5.91 Å². The van der Waals surface area contributed by atoms with Crippen molar-refractivity contribution in [2.75, 3.05) is 0 Å². The molecule has 0 bridgehead atoms. The van der Waals surface area contributed by atoms with Crippen LogP contribution in [0, 0.1) is 0 Å². The summed E-state index contributed by atoms with van der Waals surface area (Å²) < 4.78 is 0. The number of hydrogen-bond donors (Lipinski definition) is 1. The normalized spacial score (nSPS) is 15.7. The lowest BCUT2D eigenvalue weighted by atomic mass is 9.82. The molecule has 4 rings (SSSR count). The van der Waals surface area contributed by atoms with Gasteiger partial charge in [-0.1, -0.05) is 84.4 Å². The summed E-state index contributed by atoms with van der Waals surface area (Å²) in [6.07, 6.45) is 0. The van der Waals surface area contributed by atoms with E-state index in [1.165, 1.54) is 4.90 Å². The number of amides is 3. The van der Waals surface area contributed by atoms with Gasteiger partial charge in [-0.05, 0) is 28.8 Å². The number of benzene rings is 3. The van der Waals surface area contributed by atoms with Crippen molar-refractivity contribution < 1.29 is 9.59 Å². The molecule has 0 atom stereocenters. The van der Waals surface area contributed by atoms with Crippen LogP contribution in [0.25, 0.3) is 0 Å². The first-order valence-corrected chi connectivity index (χ1v) is 8.98. The van der Waals surface area contributed by atoms with Crippen LogP contribution < -0.4 is 5.32 Å². The maximum absolute atomic E-state index is 13.5. The Balaban J connectivity index is 1.78. The van der Waals surface area contributed by atoms with E-state index in [4.69, 9.17) is 11.6 Å². The highest BCUT2D eigenvalue weighted by Crippen LogP contribution is 2.36. The molecule has 0 spiro atoms. The number of nitrogens with zero attached hydrogens (tertiary/aromatic N) is 1. The molecule has 0 saturated carbocycles. The Labute approximate surface area is 162 Å². The number of rotatable bonds is 4. The second-order valence-corrected chi connectivity index (χ2v) is 6.87. The Bertz CT molecular complexity index is 933. The van der Waals surface area contributed by atoms with E-state index in [2.05, 4.69) is 5.32 Å². The zero-order valence-corrected chi connectivity index (χ0v) is 15.2. The fraction of sp³-hybridized carbons (Fsp3) is 0.0909. The number of carbonyl (C=O) groups excluding carboxylic acids is 2. The van der Waals surface area contributed by atoms with Crippen LogP contribution in [0.15, 0.2) is 84.9 Å². The Hall–Kier alpha value is -3.11. The van der Waals surface area contributed by atoms with Gasteiger partial charge in [0.1, 0.15) is 0 Å². The van der Waals surface area contributed by atoms with E-state index in [1.807, 2.05) is 72.8 Å². The Morgan fingerprint density at radius 3 is 1.81 bits per heavy atom. The Morgan fingerprint density at radius 2 is 1.30 bits per heavy atom. The summed E-state index contributed by atoms with van der Waals surface area (Å²) in [5.74, 6) is -0.292. The molecule has 5 heteroatoms. The van der Waals surface area contributed by atoms with Crippen LogP contribution in [0.4, 0.5) is 4.79 Å². The van der Waals surface area contributed by atoms with E-state index in [1.54, 1.807) is 12.1 Å². The SMILES string of the molecule is O=C1NC(c2ccccc2)(c2ccccc2)C(=O)N1Cc1ccc(Cl)cc1. The molecule has 1 aliphatic heterocycles. The van der Waals surface area contributed by atoms with E-state index in [-0.39, 0.29) is 12.5 Å². The van der Waals surface area contributed by atoms with Crippen molar-refractivity contribution in [3.05, 3.63) is 107 Å². The molecule has 1 heterocycles. The van der Waals surface area contributed by atoms with Crippen molar-refractivity contribution >= 4 is 23.5 Å². The van der Waals surface area contributed by atoms with Gasteiger partial charge in [-0.3, -0.25) is 9.69 Å². The lowest BCUT2D eigenvalue weighted by Crippen LogP contribution is -2.45. The first-order valence-electron chi connectivity index (χ1n) is 8.61. The quantitative estimate of drug-likeness (QED) is 0.689. The van der Waals surface area contributed by atoms with Crippen molar-refractivity contribution in [2.45, 2.75) is 12.1 Å². The third kappa shape index (κ3) is 2.98. The van der Waals surface area contributed by atoms with Gasteiger partial charge < -0.3 is 5.32 Å². The zero-order chi connectivity index (χ0) is 18.9. The molecule has 0 radical (unpaired) electrons. The van der Waals surface area contributed by atoms with Gasteiger partial charge in [0.15, 0.2) is 5.54 Å². The molecule has 0 aromatic heterocycles. The second-order valence-electron chi connectivity index (χ2n) is 6.43.